The SMILES string of the molecule is C[C@H](NC(=O)Cn1c(S(C)(=O)=O)nc2ccccc21)c1ccc(Cl)cc1Cl. The van der Waals surface area contributed by atoms with Crippen LogP contribution in [0.3, 0.4) is 0 Å². The fourth-order valence-corrected chi connectivity index (χ4v) is 4.25. The van der Waals surface area contributed by atoms with Gasteiger partial charge in [0.15, 0.2) is 0 Å². The number of fused-ring (bicyclic) bond motifs is 1. The summed E-state index contributed by atoms with van der Waals surface area (Å²) in [5.74, 6) is -0.360. The van der Waals surface area contributed by atoms with Crippen molar-refractivity contribution in [1.82, 2.24) is 14.9 Å². The molecule has 1 aromatic heterocycles. The molecule has 3 aromatic rings. The van der Waals surface area contributed by atoms with Crippen molar-refractivity contribution in [2.75, 3.05) is 6.26 Å². The summed E-state index contributed by atoms with van der Waals surface area (Å²) < 4.78 is 25.6. The monoisotopic (exact) mass is 425 g/mol. The molecule has 0 saturated heterocycles. The summed E-state index contributed by atoms with van der Waals surface area (Å²) in [7, 11) is -3.60. The summed E-state index contributed by atoms with van der Waals surface area (Å²) in [6, 6.07) is 11.6. The number of hydrogen-bond acceptors (Lipinski definition) is 4. The minimum absolute atomic E-state index is 0.143. The number of nitrogens with one attached hydrogen (secondary N) is 1. The molecule has 0 fully saturated rings. The molecule has 1 amide bonds. The Hall–Kier alpha value is -2.09. The second-order valence-electron chi connectivity index (χ2n) is 6.20. The first kappa shape index (κ1) is 19.7. The number of imidazole rings is 1. The fraction of sp³-hybridized carbons (Fsp3) is 0.222. The molecule has 0 aliphatic heterocycles. The Morgan fingerprint density at radius 2 is 1.93 bits per heavy atom. The number of hydrogen-bond donors (Lipinski definition) is 1. The van der Waals surface area contributed by atoms with E-state index < -0.39 is 9.84 Å². The van der Waals surface area contributed by atoms with E-state index in [9.17, 15) is 13.2 Å². The number of nitrogens with zero attached hydrogens (tertiary/aromatic N) is 2. The number of rotatable bonds is 5. The van der Waals surface area contributed by atoms with E-state index in [-0.39, 0.29) is 23.7 Å². The quantitative estimate of drug-likeness (QED) is 0.676. The number of sulfone groups is 1. The lowest BCUT2D eigenvalue weighted by Gasteiger charge is -2.17. The van der Waals surface area contributed by atoms with Gasteiger partial charge in [0.1, 0.15) is 6.54 Å². The largest absolute Gasteiger partial charge is 0.348 e. The summed E-state index contributed by atoms with van der Waals surface area (Å²) in [6.45, 7) is 1.61. The molecule has 0 radical (unpaired) electrons. The number of aromatic nitrogens is 2. The van der Waals surface area contributed by atoms with Crippen LogP contribution in [0.25, 0.3) is 11.0 Å². The Morgan fingerprint density at radius 1 is 1.22 bits per heavy atom. The van der Waals surface area contributed by atoms with Crippen LogP contribution in [0.2, 0.25) is 10.0 Å². The summed E-state index contributed by atoms with van der Waals surface area (Å²) in [5.41, 5.74) is 1.80. The third-order valence-corrected chi connectivity index (χ3v) is 5.60. The van der Waals surface area contributed by atoms with Crippen LogP contribution in [0.4, 0.5) is 0 Å². The minimum Gasteiger partial charge on any atom is -0.348 e. The Morgan fingerprint density at radius 3 is 2.59 bits per heavy atom. The van der Waals surface area contributed by atoms with Crippen LogP contribution in [0.5, 0.6) is 0 Å². The Balaban J connectivity index is 1.88. The van der Waals surface area contributed by atoms with Gasteiger partial charge in [-0.05, 0) is 36.8 Å². The van der Waals surface area contributed by atoms with Crippen LogP contribution >= 0.6 is 23.2 Å². The highest BCUT2D eigenvalue weighted by atomic mass is 35.5. The number of benzene rings is 2. The summed E-state index contributed by atoms with van der Waals surface area (Å²) in [4.78, 5) is 16.7. The lowest BCUT2D eigenvalue weighted by Crippen LogP contribution is -2.31. The van der Waals surface area contributed by atoms with Gasteiger partial charge < -0.3 is 9.88 Å². The van der Waals surface area contributed by atoms with Gasteiger partial charge >= 0.3 is 0 Å². The highest BCUT2D eigenvalue weighted by molar-refractivity contribution is 7.90. The van der Waals surface area contributed by atoms with Gasteiger partial charge in [0.25, 0.3) is 0 Å². The zero-order valence-corrected chi connectivity index (χ0v) is 16.9. The van der Waals surface area contributed by atoms with Gasteiger partial charge in [0.05, 0.1) is 17.1 Å². The van der Waals surface area contributed by atoms with Crippen molar-refractivity contribution in [1.29, 1.82) is 0 Å². The Labute approximate surface area is 167 Å². The van der Waals surface area contributed by atoms with E-state index in [2.05, 4.69) is 10.3 Å². The van der Waals surface area contributed by atoms with Crippen molar-refractivity contribution in [3.05, 3.63) is 58.1 Å². The van der Waals surface area contributed by atoms with Crippen molar-refractivity contribution in [3.63, 3.8) is 0 Å². The molecular weight excluding hydrogens is 409 g/mol. The topological polar surface area (TPSA) is 81.1 Å². The normalized spacial score (nSPS) is 12.9. The summed E-state index contributed by atoms with van der Waals surface area (Å²) in [5, 5.41) is 3.63. The standard InChI is InChI=1S/C18H17Cl2N3O3S/c1-11(13-8-7-12(19)9-14(13)20)21-17(24)10-23-16-6-4-3-5-15(16)22-18(23)27(2,25)26/h3-9,11H,10H2,1-2H3,(H,21,24)/t11-/m0/s1. The molecule has 0 aliphatic carbocycles. The maximum Gasteiger partial charge on any atom is 0.240 e. The van der Waals surface area contributed by atoms with Gasteiger partial charge in [-0.3, -0.25) is 4.79 Å². The van der Waals surface area contributed by atoms with Gasteiger partial charge in [-0.15, -0.1) is 0 Å². The second kappa shape index (κ2) is 7.50. The predicted octanol–water partition coefficient (Wildman–Crippen LogP) is 3.62. The van der Waals surface area contributed by atoms with Crippen LogP contribution in [0.15, 0.2) is 47.6 Å². The number of carbonyl (C=O) groups is 1. The van der Waals surface area contributed by atoms with E-state index in [1.807, 2.05) is 0 Å². The molecule has 2 aromatic carbocycles. The first-order chi connectivity index (χ1) is 12.7. The molecule has 0 aliphatic rings. The molecule has 1 atom stereocenters. The smallest absolute Gasteiger partial charge is 0.240 e. The molecule has 0 saturated carbocycles. The molecule has 3 rings (SSSR count). The minimum atomic E-state index is -3.60. The lowest BCUT2D eigenvalue weighted by atomic mass is 10.1. The molecule has 9 heteroatoms. The number of amides is 1. The zero-order chi connectivity index (χ0) is 19.8. The Bertz CT molecular complexity index is 1130. The maximum atomic E-state index is 12.6. The van der Waals surface area contributed by atoms with Crippen molar-refractivity contribution >= 4 is 50.0 Å². The van der Waals surface area contributed by atoms with E-state index in [0.29, 0.717) is 26.6 Å². The average Bonchev–Trinajstić information content (AvgIpc) is 2.93. The third kappa shape index (κ3) is 4.26. The molecule has 1 N–H and O–H groups in total. The van der Waals surface area contributed by atoms with Crippen molar-refractivity contribution in [2.45, 2.75) is 24.7 Å². The van der Waals surface area contributed by atoms with Crippen molar-refractivity contribution in [3.8, 4) is 0 Å². The van der Waals surface area contributed by atoms with E-state index >= 15 is 0 Å². The molecule has 6 nitrogen and oxygen atoms in total. The summed E-state index contributed by atoms with van der Waals surface area (Å²) >= 11 is 12.1. The Kier molecular flexibility index (Phi) is 5.46. The van der Waals surface area contributed by atoms with E-state index in [4.69, 9.17) is 23.2 Å². The number of carbonyl (C=O) groups excluding carboxylic acids is 1. The molecule has 0 bridgehead atoms. The van der Waals surface area contributed by atoms with Crippen LogP contribution in [-0.4, -0.2) is 30.1 Å². The van der Waals surface area contributed by atoms with Crippen molar-refractivity contribution < 1.29 is 13.2 Å². The van der Waals surface area contributed by atoms with Gasteiger partial charge in [-0.25, -0.2) is 13.4 Å². The van der Waals surface area contributed by atoms with Gasteiger partial charge in [0, 0.05) is 16.3 Å². The molecular formula is C18H17Cl2N3O3S. The van der Waals surface area contributed by atoms with E-state index in [1.165, 1.54) is 4.57 Å². The van der Waals surface area contributed by atoms with Gasteiger partial charge in [-0.1, -0.05) is 41.4 Å². The molecule has 0 spiro atoms. The second-order valence-corrected chi connectivity index (χ2v) is 8.95. The van der Waals surface area contributed by atoms with E-state index in [1.54, 1.807) is 49.4 Å². The van der Waals surface area contributed by atoms with Crippen LogP contribution in [0, 0.1) is 0 Å². The van der Waals surface area contributed by atoms with Gasteiger partial charge in [-0.2, -0.15) is 0 Å². The summed E-state index contributed by atoms with van der Waals surface area (Å²) in [6.07, 6.45) is 1.07. The average molecular weight is 426 g/mol. The highest BCUT2D eigenvalue weighted by Crippen LogP contribution is 2.26. The van der Waals surface area contributed by atoms with Crippen molar-refractivity contribution in [2.24, 2.45) is 0 Å². The molecule has 1 heterocycles. The molecule has 27 heavy (non-hydrogen) atoms. The number of halogens is 2. The highest BCUT2D eigenvalue weighted by Gasteiger charge is 2.22. The van der Waals surface area contributed by atoms with Crippen LogP contribution in [0.1, 0.15) is 18.5 Å². The fourth-order valence-electron chi connectivity index (χ4n) is 2.85. The zero-order valence-electron chi connectivity index (χ0n) is 14.6. The van der Waals surface area contributed by atoms with E-state index in [0.717, 1.165) is 6.26 Å². The van der Waals surface area contributed by atoms with Crippen LogP contribution < -0.4 is 5.32 Å². The first-order valence-electron chi connectivity index (χ1n) is 8.06. The third-order valence-electron chi connectivity index (χ3n) is 4.06. The molecule has 0 unspecified atom stereocenters. The first-order valence-corrected chi connectivity index (χ1v) is 10.7. The maximum absolute atomic E-state index is 12.6. The van der Waals surface area contributed by atoms with Gasteiger partial charge in [0.2, 0.25) is 20.9 Å². The number of para-hydroxylation sites is 2. The lowest BCUT2D eigenvalue weighted by molar-refractivity contribution is -0.122. The van der Waals surface area contributed by atoms with Crippen LogP contribution in [-0.2, 0) is 21.2 Å². The molecule has 142 valence electrons. The predicted molar refractivity (Wildman–Crippen MR) is 106 cm³/mol.